The molecule has 3 rings (SSSR count). The third-order valence-corrected chi connectivity index (χ3v) is 6.79. The summed E-state index contributed by atoms with van der Waals surface area (Å²) in [7, 11) is 0. The van der Waals surface area contributed by atoms with Crippen molar-refractivity contribution in [3.8, 4) is 0 Å². The van der Waals surface area contributed by atoms with E-state index >= 15 is 0 Å². The molecule has 3 atom stereocenters. The van der Waals surface area contributed by atoms with Crippen molar-refractivity contribution >= 4 is 17.6 Å². The first-order chi connectivity index (χ1) is 15.3. The first-order valence-electron chi connectivity index (χ1n) is 11.1. The number of allylic oxidation sites excluding steroid dienone is 4. The zero-order valence-electron chi connectivity index (χ0n) is 18.9. The molecule has 0 spiro atoms. The molecule has 1 aromatic carbocycles. The molecule has 180 valence electrons. The van der Waals surface area contributed by atoms with Gasteiger partial charge in [0, 0.05) is 0 Å². The third kappa shape index (κ3) is 5.65. The molecule has 1 fully saturated rings. The molecule has 33 heavy (non-hydrogen) atoms. The van der Waals surface area contributed by atoms with Crippen LogP contribution in [0.1, 0.15) is 45.6 Å². The Morgan fingerprint density at radius 3 is 2.36 bits per heavy atom. The summed E-state index contributed by atoms with van der Waals surface area (Å²) in [5, 5.41) is 11.7. The van der Waals surface area contributed by atoms with Crippen molar-refractivity contribution in [3.63, 3.8) is 0 Å². The van der Waals surface area contributed by atoms with Gasteiger partial charge in [0.05, 0.1) is 22.9 Å². The predicted octanol–water partition coefficient (Wildman–Crippen LogP) is 6.14. The van der Waals surface area contributed by atoms with E-state index in [1.807, 2.05) is 19.9 Å². The molecule has 2 aliphatic carbocycles. The van der Waals surface area contributed by atoms with Crippen molar-refractivity contribution in [2.75, 3.05) is 5.32 Å². The molecule has 0 bridgehead atoms. The largest absolute Gasteiger partial charge is 0.481 e. The maximum absolute atomic E-state index is 14.4. The van der Waals surface area contributed by atoms with Gasteiger partial charge in [-0.25, -0.2) is 4.39 Å². The van der Waals surface area contributed by atoms with E-state index in [-0.39, 0.29) is 24.4 Å². The van der Waals surface area contributed by atoms with E-state index in [9.17, 15) is 32.3 Å². The SMILES string of the molecule is CC(C)C1=CCC([C@@H](C(=O)Nc2cc(CC3(C(=O)O)CC3)ccc2F)[C@@H](C)C(F)(F)F)C=C1. The van der Waals surface area contributed by atoms with Crippen LogP contribution < -0.4 is 5.32 Å². The molecule has 1 amide bonds. The average molecular weight is 468 g/mol. The van der Waals surface area contributed by atoms with Crippen LogP contribution in [0, 0.1) is 34.9 Å². The summed E-state index contributed by atoms with van der Waals surface area (Å²) >= 11 is 0. The Kier molecular flexibility index (Phi) is 7.05. The summed E-state index contributed by atoms with van der Waals surface area (Å²) in [4.78, 5) is 24.5. The second kappa shape index (κ2) is 9.31. The number of halogens is 4. The van der Waals surface area contributed by atoms with Crippen LogP contribution in [0.4, 0.5) is 23.2 Å². The van der Waals surface area contributed by atoms with Gasteiger partial charge in [-0.1, -0.05) is 45.1 Å². The van der Waals surface area contributed by atoms with Crippen molar-refractivity contribution in [2.45, 2.75) is 52.6 Å². The lowest BCUT2D eigenvalue weighted by molar-refractivity contribution is -0.188. The Morgan fingerprint density at radius 1 is 1.21 bits per heavy atom. The summed E-state index contributed by atoms with van der Waals surface area (Å²) in [6.07, 6.45) is 2.11. The molecule has 4 nitrogen and oxygen atoms in total. The van der Waals surface area contributed by atoms with Crippen molar-refractivity contribution in [1.29, 1.82) is 0 Å². The summed E-state index contributed by atoms with van der Waals surface area (Å²) in [5.74, 6) is -6.48. The number of aliphatic carboxylic acids is 1. The molecule has 0 aromatic heterocycles. The summed E-state index contributed by atoms with van der Waals surface area (Å²) < 4.78 is 55.3. The Bertz CT molecular complexity index is 976. The summed E-state index contributed by atoms with van der Waals surface area (Å²) in [6.45, 7) is 4.92. The van der Waals surface area contributed by atoms with E-state index in [2.05, 4.69) is 5.32 Å². The fourth-order valence-electron chi connectivity index (χ4n) is 4.35. The summed E-state index contributed by atoms with van der Waals surface area (Å²) in [5.41, 5.74) is 0.376. The highest BCUT2D eigenvalue weighted by atomic mass is 19.4. The van der Waals surface area contributed by atoms with E-state index < -0.39 is 47.0 Å². The van der Waals surface area contributed by atoms with Crippen LogP contribution in [-0.4, -0.2) is 23.2 Å². The molecule has 2 N–H and O–H groups in total. The van der Waals surface area contributed by atoms with Crippen LogP contribution in [0.25, 0.3) is 0 Å². The average Bonchev–Trinajstić information content (AvgIpc) is 3.51. The molecular weight excluding hydrogens is 438 g/mol. The number of anilines is 1. The lowest BCUT2D eigenvalue weighted by Crippen LogP contribution is -2.40. The molecule has 0 heterocycles. The van der Waals surface area contributed by atoms with Gasteiger partial charge in [0.2, 0.25) is 5.91 Å². The van der Waals surface area contributed by atoms with Gasteiger partial charge in [-0.2, -0.15) is 13.2 Å². The fourth-order valence-corrected chi connectivity index (χ4v) is 4.35. The molecule has 0 aliphatic heterocycles. The Morgan fingerprint density at radius 2 is 1.88 bits per heavy atom. The number of amides is 1. The topological polar surface area (TPSA) is 66.4 Å². The zero-order valence-corrected chi connectivity index (χ0v) is 18.9. The number of carbonyl (C=O) groups excluding carboxylic acids is 1. The van der Waals surface area contributed by atoms with Gasteiger partial charge in [-0.05, 0) is 60.8 Å². The molecule has 8 heteroatoms. The van der Waals surface area contributed by atoms with Gasteiger partial charge in [0.25, 0.3) is 0 Å². The van der Waals surface area contributed by atoms with Crippen LogP contribution in [0.5, 0.6) is 0 Å². The second-order valence-corrected chi connectivity index (χ2v) is 9.54. The molecule has 1 saturated carbocycles. The maximum Gasteiger partial charge on any atom is 0.392 e. The van der Waals surface area contributed by atoms with E-state index in [0.29, 0.717) is 18.4 Å². The van der Waals surface area contributed by atoms with E-state index in [1.165, 1.54) is 12.1 Å². The minimum absolute atomic E-state index is 0.169. The maximum atomic E-state index is 14.4. The molecular formula is C25H29F4NO3. The lowest BCUT2D eigenvalue weighted by atomic mass is 9.76. The normalized spacial score (nSPS) is 21.3. The van der Waals surface area contributed by atoms with E-state index in [1.54, 1.807) is 12.2 Å². The van der Waals surface area contributed by atoms with Crippen molar-refractivity contribution in [2.24, 2.45) is 29.1 Å². The number of hydrogen-bond acceptors (Lipinski definition) is 2. The van der Waals surface area contributed by atoms with E-state index in [0.717, 1.165) is 18.6 Å². The van der Waals surface area contributed by atoms with Crippen molar-refractivity contribution < 1.29 is 32.3 Å². The van der Waals surface area contributed by atoms with Crippen LogP contribution >= 0.6 is 0 Å². The molecule has 2 aliphatic rings. The Labute approximate surface area is 190 Å². The minimum atomic E-state index is -4.60. The van der Waals surface area contributed by atoms with Gasteiger partial charge < -0.3 is 10.4 Å². The van der Waals surface area contributed by atoms with Crippen LogP contribution in [0.2, 0.25) is 0 Å². The fraction of sp³-hybridized carbons (Fsp3) is 0.520. The lowest BCUT2D eigenvalue weighted by Gasteiger charge is -2.32. The Balaban J connectivity index is 1.83. The van der Waals surface area contributed by atoms with Crippen LogP contribution in [0.15, 0.2) is 42.0 Å². The predicted molar refractivity (Wildman–Crippen MR) is 117 cm³/mol. The van der Waals surface area contributed by atoms with E-state index in [4.69, 9.17) is 0 Å². The van der Waals surface area contributed by atoms with Gasteiger partial charge in [0.15, 0.2) is 0 Å². The second-order valence-electron chi connectivity index (χ2n) is 9.54. The molecule has 0 radical (unpaired) electrons. The van der Waals surface area contributed by atoms with Crippen molar-refractivity contribution in [3.05, 3.63) is 53.4 Å². The van der Waals surface area contributed by atoms with Gasteiger partial charge in [0.1, 0.15) is 5.82 Å². The summed E-state index contributed by atoms with van der Waals surface area (Å²) in [6, 6.07) is 3.86. The minimum Gasteiger partial charge on any atom is -0.481 e. The smallest absolute Gasteiger partial charge is 0.392 e. The third-order valence-electron chi connectivity index (χ3n) is 6.79. The highest BCUT2D eigenvalue weighted by molar-refractivity contribution is 5.93. The number of carbonyl (C=O) groups is 2. The number of rotatable bonds is 8. The number of carboxylic acids is 1. The number of benzene rings is 1. The first-order valence-corrected chi connectivity index (χ1v) is 11.1. The highest BCUT2D eigenvalue weighted by Gasteiger charge is 2.50. The quantitative estimate of drug-likeness (QED) is 0.451. The van der Waals surface area contributed by atoms with Crippen LogP contribution in [-0.2, 0) is 16.0 Å². The first kappa shape index (κ1) is 25.0. The Hall–Kier alpha value is -2.64. The molecule has 1 unspecified atom stereocenters. The van der Waals surface area contributed by atoms with Crippen molar-refractivity contribution in [1.82, 2.24) is 0 Å². The monoisotopic (exact) mass is 467 g/mol. The van der Waals surface area contributed by atoms with Crippen LogP contribution in [0.3, 0.4) is 0 Å². The van der Waals surface area contributed by atoms with Gasteiger partial charge in [-0.3, -0.25) is 9.59 Å². The highest BCUT2D eigenvalue weighted by Crippen LogP contribution is 2.49. The number of nitrogens with one attached hydrogen (secondary N) is 1. The van der Waals surface area contributed by atoms with Gasteiger partial charge >= 0.3 is 12.1 Å². The molecule has 0 saturated heterocycles. The standard InChI is InChI=1S/C25H29F4NO3/c1-14(2)17-5-7-18(8-6-17)21(15(3)25(27,28)29)22(31)30-20-12-16(4-9-19(20)26)13-24(10-11-24)23(32)33/h4-7,9,12,14-15,18,21H,8,10-11,13H2,1-3H3,(H,30,31)(H,32,33)/t15-,18?,21+/m1/s1. The molecule has 1 aromatic rings. The zero-order chi connectivity index (χ0) is 24.6. The number of alkyl halides is 3. The van der Waals surface area contributed by atoms with Gasteiger partial charge in [-0.15, -0.1) is 0 Å². The number of carboxylic acid groups (broad SMARTS) is 1. The number of hydrogen-bond donors (Lipinski definition) is 2.